The topological polar surface area (TPSA) is 87.9 Å². The van der Waals surface area contributed by atoms with Gasteiger partial charge in [0.2, 0.25) is 5.95 Å². The van der Waals surface area contributed by atoms with Crippen molar-refractivity contribution in [2.45, 2.75) is 25.4 Å². The van der Waals surface area contributed by atoms with E-state index in [2.05, 4.69) is 16.0 Å². The summed E-state index contributed by atoms with van der Waals surface area (Å²) in [6.45, 7) is 1.76. The van der Waals surface area contributed by atoms with E-state index in [1.165, 1.54) is 0 Å². The van der Waals surface area contributed by atoms with Crippen LogP contribution in [-0.4, -0.2) is 28.7 Å². The summed E-state index contributed by atoms with van der Waals surface area (Å²) in [5, 5.41) is 9.47. The van der Waals surface area contributed by atoms with Crippen LogP contribution in [0.25, 0.3) is 11.1 Å². The van der Waals surface area contributed by atoms with E-state index in [4.69, 9.17) is 5.73 Å². The van der Waals surface area contributed by atoms with Gasteiger partial charge < -0.3 is 10.6 Å². The minimum atomic E-state index is -0.118. The predicted molar refractivity (Wildman–Crippen MR) is 114 cm³/mol. The minimum absolute atomic E-state index is 0.0642. The first-order chi connectivity index (χ1) is 14.2. The summed E-state index contributed by atoms with van der Waals surface area (Å²) in [5.41, 5.74) is 8.79. The van der Waals surface area contributed by atoms with Crippen LogP contribution in [0.2, 0.25) is 0 Å². The molecule has 1 saturated heterocycles. The van der Waals surface area contributed by atoms with Crippen molar-refractivity contribution in [1.82, 2.24) is 9.55 Å². The van der Waals surface area contributed by atoms with Gasteiger partial charge in [-0.3, -0.25) is 9.36 Å². The van der Waals surface area contributed by atoms with Crippen LogP contribution in [0.3, 0.4) is 0 Å². The Balaban J connectivity index is 1.84. The van der Waals surface area contributed by atoms with Crippen LogP contribution in [0, 0.1) is 11.3 Å². The number of nitrogens with two attached hydrogens (primary N) is 1. The summed E-state index contributed by atoms with van der Waals surface area (Å²) in [4.78, 5) is 20.3. The van der Waals surface area contributed by atoms with E-state index in [9.17, 15) is 10.1 Å². The van der Waals surface area contributed by atoms with Crippen LogP contribution in [0.4, 0.5) is 5.95 Å². The number of hydrogen-bond acceptors (Lipinski definition) is 5. The lowest BCUT2D eigenvalue weighted by Crippen LogP contribution is -2.45. The molecule has 0 spiro atoms. The number of hydrogen-bond donors (Lipinski definition) is 1. The lowest BCUT2D eigenvalue weighted by atomic mass is 10.1. The molecule has 2 aromatic carbocycles. The van der Waals surface area contributed by atoms with Crippen LogP contribution >= 0.6 is 0 Å². The number of nitriles is 1. The minimum Gasteiger partial charge on any atom is -0.341 e. The van der Waals surface area contributed by atoms with E-state index >= 15 is 0 Å². The fraction of sp³-hybridized carbons (Fsp3) is 0.261. The van der Waals surface area contributed by atoms with Crippen molar-refractivity contribution < 1.29 is 0 Å². The van der Waals surface area contributed by atoms with Crippen molar-refractivity contribution in [3.63, 3.8) is 0 Å². The second-order valence-electron chi connectivity index (χ2n) is 7.35. The summed E-state index contributed by atoms with van der Waals surface area (Å²) in [7, 11) is 0. The lowest BCUT2D eigenvalue weighted by Gasteiger charge is -2.33. The Morgan fingerprint density at radius 1 is 1.14 bits per heavy atom. The zero-order valence-electron chi connectivity index (χ0n) is 16.2. The standard InChI is InChI=1S/C23H23N5O/c24-13-18-9-4-5-10-19(18)15-28-22(29)21(17-7-2-1-3-8-17)14-26-23(28)27-12-6-11-20(25)16-27/h1-5,7-10,14,20H,6,11-12,15-16,25H2. The highest BCUT2D eigenvalue weighted by Gasteiger charge is 2.23. The number of piperidine rings is 1. The normalized spacial score (nSPS) is 16.4. The van der Waals surface area contributed by atoms with E-state index in [1.54, 1.807) is 16.8 Å². The zero-order valence-corrected chi connectivity index (χ0v) is 16.2. The number of benzene rings is 2. The maximum Gasteiger partial charge on any atom is 0.263 e. The van der Waals surface area contributed by atoms with E-state index in [-0.39, 0.29) is 18.1 Å². The van der Waals surface area contributed by atoms with Crippen molar-refractivity contribution >= 4 is 5.95 Å². The molecule has 4 rings (SSSR count). The molecule has 1 unspecified atom stereocenters. The Bertz CT molecular complexity index is 1100. The third-order valence-corrected chi connectivity index (χ3v) is 5.32. The molecule has 3 aromatic rings. The number of aromatic nitrogens is 2. The number of anilines is 1. The average molecular weight is 385 g/mol. The van der Waals surface area contributed by atoms with Gasteiger partial charge in [-0.25, -0.2) is 4.98 Å². The van der Waals surface area contributed by atoms with Gasteiger partial charge in [0.05, 0.1) is 23.7 Å². The van der Waals surface area contributed by atoms with Crippen LogP contribution in [0.15, 0.2) is 65.6 Å². The second kappa shape index (κ2) is 8.29. The first-order valence-corrected chi connectivity index (χ1v) is 9.81. The van der Waals surface area contributed by atoms with E-state index in [0.717, 1.165) is 30.5 Å². The first-order valence-electron chi connectivity index (χ1n) is 9.81. The van der Waals surface area contributed by atoms with Gasteiger partial charge in [-0.15, -0.1) is 0 Å². The molecule has 6 nitrogen and oxygen atoms in total. The first kappa shape index (κ1) is 18.9. The maximum absolute atomic E-state index is 13.5. The SMILES string of the molecule is N#Cc1ccccc1Cn1c(N2CCCC(N)C2)ncc(-c2ccccc2)c1=O. The molecule has 2 heterocycles. The Kier molecular flexibility index (Phi) is 5.41. The van der Waals surface area contributed by atoms with E-state index in [0.29, 0.717) is 23.6 Å². The fourth-order valence-electron chi connectivity index (χ4n) is 3.82. The highest BCUT2D eigenvalue weighted by molar-refractivity contribution is 5.62. The molecule has 0 bridgehead atoms. The molecule has 2 N–H and O–H groups in total. The summed E-state index contributed by atoms with van der Waals surface area (Å²) in [5.74, 6) is 0.609. The van der Waals surface area contributed by atoms with Crippen LogP contribution < -0.4 is 16.2 Å². The molecular formula is C23H23N5O. The molecular weight excluding hydrogens is 362 g/mol. The number of rotatable bonds is 4. The highest BCUT2D eigenvalue weighted by atomic mass is 16.1. The fourth-order valence-corrected chi connectivity index (χ4v) is 3.82. The Morgan fingerprint density at radius 2 is 1.90 bits per heavy atom. The molecule has 146 valence electrons. The second-order valence-corrected chi connectivity index (χ2v) is 7.35. The Hall–Kier alpha value is -3.43. The molecule has 1 aliphatic heterocycles. The quantitative estimate of drug-likeness (QED) is 0.746. The monoisotopic (exact) mass is 385 g/mol. The van der Waals surface area contributed by atoms with Gasteiger partial charge >= 0.3 is 0 Å². The zero-order chi connectivity index (χ0) is 20.2. The van der Waals surface area contributed by atoms with Crippen LogP contribution in [0.1, 0.15) is 24.0 Å². The highest BCUT2D eigenvalue weighted by Crippen LogP contribution is 2.21. The molecule has 6 heteroatoms. The third kappa shape index (κ3) is 3.91. The average Bonchev–Trinajstić information content (AvgIpc) is 2.76. The molecule has 1 aromatic heterocycles. The number of nitrogens with zero attached hydrogens (tertiary/aromatic N) is 4. The summed E-state index contributed by atoms with van der Waals surface area (Å²) >= 11 is 0. The third-order valence-electron chi connectivity index (χ3n) is 5.32. The van der Waals surface area contributed by atoms with Gasteiger partial charge in [0.25, 0.3) is 5.56 Å². The Morgan fingerprint density at radius 3 is 2.66 bits per heavy atom. The van der Waals surface area contributed by atoms with Gasteiger partial charge in [0.1, 0.15) is 0 Å². The largest absolute Gasteiger partial charge is 0.341 e. The molecule has 29 heavy (non-hydrogen) atoms. The van der Waals surface area contributed by atoms with Gasteiger partial charge in [0, 0.05) is 25.3 Å². The van der Waals surface area contributed by atoms with E-state index < -0.39 is 0 Å². The van der Waals surface area contributed by atoms with Crippen molar-refractivity contribution in [1.29, 1.82) is 5.26 Å². The molecule has 0 radical (unpaired) electrons. The molecule has 1 atom stereocenters. The summed E-state index contributed by atoms with van der Waals surface area (Å²) in [6.07, 6.45) is 3.59. The van der Waals surface area contributed by atoms with Crippen molar-refractivity contribution in [2.75, 3.05) is 18.0 Å². The van der Waals surface area contributed by atoms with Crippen molar-refractivity contribution in [3.05, 3.63) is 82.3 Å². The van der Waals surface area contributed by atoms with Crippen molar-refractivity contribution in [2.24, 2.45) is 5.73 Å². The van der Waals surface area contributed by atoms with Crippen LogP contribution in [-0.2, 0) is 6.54 Å². The smallest absolute Gasteiger partial charge is 0.263 e. The van der Waals surface area contributed by atoms with Gasteiger partial charge in [0.15, 0.2) is 0 Å². The molecule has 0 aliphatic carbocycles. The predicted octanol–water partition coefficient (Wildman–Crippen LogP) is 2.76. The van der Waals surface area contributed by atoms with E-state index in [1.807, 2.05) is 48.5 Å². The summed E-state index contributed by atoms with van der Waals surface area (Å²) < 4.78 is 1.68. The van der Waals surface area contributed by atoms with Crippen molar-refractivity contribution in [3.8, 4) is 17.2 Å². The van der Waals surface area contributed by atoms with Gasteiger partial charge in [-0.1, -0.05) is 48.5 Å². The molecule has 1 aliphatic rings. The molecule has 0 saturated carbocycles. The van der Waals surface area contributed by atoms with Gasteiger partial charge in [-0.05, 0) is 30.0 Å². The van der Waals surface area contributed by atoms with Crippen LogP contribution in [0.5, 0.6) is 0 Å². The molecule has 0 amide bonds. The Labute approximate surface area is 169 Å². The summed E-state index contributed by atoms with van der Waals surface area (Å²) in [6, 6.07) is 19.2. The lowest BCUT2D eigenvalue weighted by molar-refractivity contribution is 0.491. The van der Waals surface area contributed by atoms with Gasteiger partial charge in [-0.2, -0.15) is 5.26 Å². The molecule has 1 fully saturated rings. The maximum atomic E-state index is 13.5.